The SMILES string of the molecule is CC1=NCCC(C)=C1CSc1nc2c(c(=O)[nH]1)CCO2. The summed E-state index contributed by atoms with van der Waals surface area (Å²) in [6.45, 7) is 5.62. The molecule has 0 aliphatic carbocycles. The highest BCUT2D eigenvalue weighted by Gasteiger charge is 2.19. The minimum atomic E-state index is -0.0743. The second-order valence-electron chi connectivity index (χ2n) is 5.02. The van der Waals surface area contributed by atoms with Gasteiger partial charge in [-0.25, -0.2) is 0 Å². The lowest BCUT2D eigenvalue weighted by atomic mass is 10.0. The molecule has 20 heavy (non-hydrogen) atoms. The van der Waals surface area contributed by atoms with Crippen molar-refractivity contribution < 1.29 is 4.74 Å². The maximum absolute atomic E-state index is 11.9. The van der Waals surface area contributed by atoms with Crippen molar-refractivity contribution >= 4 is 17.5 Å². The number of hydrogen-bond acceptors (Lipinski definition) is 5. The number of dihydropyridines is 1. The summed E-state index contributed by atoms with van der Waals surface area (Å²) in [5.41, 5.74) is 4.34. The van der Waals surface area contributed by atoms with Crippen LogP contribution in [0.15, 0.2) is 26.1 Å². The molecule has 0 unspecified atom stereocenters. The fourth-order valence-electron chi connectivity index (χ4n) is 2.43. The van der Waals surface area contributed by atoms with E-state index in [1.54, 1.807) is 0 Å². The summed E-state index contributed by atoms with van der Waals surface area (Å²) in [4.78, 5) is 23.6. The van der Waals surface area contributed by atoms with Crippen LogP contribution in [0.5, 0.6) is 5.88 Å². The van der Waals surface area contributed by atoms with Crippen molar-refractivity contribution in [3.63, 3.8) is 0 Å². The standard InChI is InChI=1S/C14H17N3O2S/c1-8-3-5-15-9(2)11(8)7-20-14-16-12(18)10-4-6-19-13(10)17-14/h3-7H2,1-2H3,(H,16,17,18). The summed E-state index contributed by atoms with van der Waals surface area (Å²) < 4.78 is 5.37. The molecule has 6 heteroatoms. The molecule has 0 atom stereocenters. The van der Waals surface area contributed by atoms with Crippen molar-refractivity contribution in [2.24, 2.45) is 4.99 Å². The molecule has 3 heterocycles. The molecule has 0 saturated heterocycles. The smallest absolute Gasteiger partial charge is 0.258 e. The molecule has 0 amide bonds. The van der Waals surface area contributed by atoms with Crippen molar-refractivity contribution in [2.75, 3.05) is 18.9 Å². The van der Waals surface area contributed by atoms with Gasteiger partial charge in [-0.2, -0.15) is 4.98 Å². The van der Waals surface area contributed by atoms with E-state index in [9.17, 15) is 4.79 Å². The Balaban J connectivity index is 1.78. The topological polar surface area (TPSA) is 67.3 Å². The highest BCUT2D eigenvalue weighted by Crippen LogP contribution is 2.26. The number of aromatic nitrogens is 2. The number of nitrogens with zero attached hydrogens (tertiary/aromatic N) is 2. The van der Waals surface area contributed by atoms with Gasteiger partial charge in [-0.1, -0.05) is 17.3 Å². The third kappa shape index (κ3) is 2.52. The Labute approximate surface area is 121 Å². The number of H-pyrrole nitrogens is 1. The number of aromatic amines is 1. The number of fused-ring (bicyclic) bond motifs is 1. The van der Waals surface area contributed by atoms with E-state index in [0.29, 0.717) is 29.6 Å². The Morgan fingerprint density at radius 3 is 3.00 bits per heavy atom. The first-order valence-electron chi connectivity index (χ1n) is 6.74. The van der Waals surface area contributed by atoms with Crippen LogP contribution in [0.25, 0.3) is 0 Å². The van der Waals surface area contributed by atoms with Gasteiger partial charge < -0.3 is 9.72 Å². The number of nitrogens with one attached hydrogen (secondary N) is 1. The van der Waals surface area contributed by atoms with Gasteiger partial charge in [0, 0.05) is 24.4 Å². The average Bonchev–Trinajstić information content (AvgIpc) is 2.87. The van der Waals surface area contributed by atoms with Gasteiger partial charge in [-0.05, 0) is 25.8 Å². The zero-order valence-corrected chi connectivity index (χ0v) is 12.5. The zero-order chi connectivity index (χ0) is 14.1. The first-order chi connectivity index (χ1) is 9.65. The van der Waals surface area contributed by atoms with Gasteiger partial charge in [0.15, 0.2) is 5.16 Å². The monoisotopic (exact) mass is 291 g/mol. The number of aliphatic imine (C=N–C) groups is 1. The van der Waals surface area contributed by atoms with Gasteiger partial charge in [0.2, 0.25) is 5.88 Å². The van der Waals surface area contributed by atoms with Crippen molar-refractivity contribution in [3.05, 3.63) is 27.1 Å². The van der Waals surface area contributed by atoms with Crippen molar-refractivity contribution in [2.45, 2.75) is 31.8 Å². The quantitative estimate of drug-likeness (QED) is 0.683. The molecule has 1 N–H and O–H groups in total. The van der Waals surface area contributed by atoms with E-state index in [0.717, 1.165) is 24.4 Å². The Bertz CT molecular complexity index is 661. The fourth-order valence-corrected chi connectivity index (χ4v) is 3.48. The lowest BCUT2D eigenvalue weighted by molar-refractivity contribution is 0.342. The van der Waals surface area contributed by atoms with E-state index in [1.807, 2.05) is 6.92 Å². The van der Waals surface area contributed by atoms with E-state index in [4.69, 9.17) is 4.74 Å². The second kappa shape index (κ2) is 5.44. The molecule has 2 aliphatic rings. The molecule has 1 aromatic heterocycles. The van der Waals surface area contributed by atoms with Crippen molar-refractivity contribution in [1.29, 1.82) is 0 Å². The summed E-state index contributed by atoms with van der Waals surface area (Å²) in [5.74, 6) is 1.28. The highest BCUT2D eigenvalue weighted by molar-refractivity contribution is 7.99. The van der Waals surface area contributed by atoms with Crippen LogP contribution >= 0.6 is 11.8 Å². The van der Waals surface area contributed by atoms with Gasteiger partial charge in [0.1, 0.15) is 0 Å². The second-order valence-corrected chi connectivity index (χ2v) is 5.98. The molecule has 0 saturated carbocycles. The van der Waals surface area contributed by atoms with E-state index < -0.39 is 0 Å². The third-order valence-corrected chi connectivity index (χ3v) is 4.59. The summed E-state index contributed by atoms with van der Waals surface area (Å²) >= 11 is 1.53. The maximum atomic E-state index is 11.9. The van der Waals surface area contributed by atoms with E-state index in [-0.39, 0.29) is 5.56 Å². The molecule has 0 radical (unpaired) electrons. The van der Waals surface area contributed by atoms with E-state index in [1.165, 1.54) is 22.9 Å². The first-order valence-corrected chi connectivity index (χ1v) is 7.72. The molecule has 106 valence electrons. The lowest BCUT2D eigenvalue weighted by Crippen LogP contribution is -2.14. The highest BCUT2D eigenvalue weighted by atomic mass is 32.2. The molecule has 1 aromatic rings. The average molecular weight is 291 g/mol. The number of thioether (sulfide) groups is 1. The Morgan fingerprint density at radius 1 is 1.35 bits per heavy atom. The predicted molar refractivity (Wildman–Crippen MR) is 80.1 cm³/mol. The number of rotatable bonds is 3. The van der Waals surface area contributed by atoms with E-state index in [2.05, 4.69) is 21.9 Å². The minimum absolute atomic E-state index is 0.0743. The Hall–Kier alpha value is -1.56. The van der Waals surface area contributed by atoms with Crippen LogP contribution in [0.4, 0.5) is 0 Å². The molecule has 0 bridgehead atoms. The number of ether oxygens (including phenoxy) is 1. The molecule has 2 aliphatic heterocycles. The zero-order valence-electron chi connectivity index (χ0n) is 11.7. The largest absolute Gasteiger partial charge is 0.477 e. The molecule has 0 fully saturated rings. The number of hydrogen-bond donors (Lipinski definition) is 1. The summed E-state index contributed by atoms with van der Waals surface area (Å²) in [7, 11) is 0. The normalized spacial score (nSPS) is 17.8. The predicted octanol–water partition coefficient (Wildman–Crippen LogP) is 1.98. The van der Waals surface area contributed by atoms with Crippen LogP contribution in [0, 0.1) is 0 Å². The van der Waals surface area contributed by atoms with Gasteiger partial charge in [0.05, 0.1) is 12.2 Å². The molecular weight excluding hydrogens is 274 g/mol. The van der Waals surface area contributed by atoms with Gasteiger partial charge in [-0.3, -0.25) is 9.79 Å². The van der Waals surface area contributed by atoms with E-state index >= 15 is 0 Å². The van der Waals surface area contributed by atoms with Gasteiger partial charge in [0.25, 0.3) is 5.56 Å². The van der Waals surface area contributed by atoms with Crippen LogP contribution in [0.3, 0.4) is 0 Å². The maximum Gasteiger partial charge on any atom is 0.258 e. The molecule has 5 nitrogen and oxygen atoms in total. The molecule has 0 aromatic carbocycles. The van der Waals surface area contributed by atoms with Crippen LogP contribution in [-0.2, 0) is 6.42 Å². The van der Waals surface area contributed by atoms with Gasteiger partial charge >= 0.3 is 0 Å². The Kier molecular flexibility index (Phi) is 3.65. The molecule has 0 spiro atoms. The summed E-state index contributed by atoms with van der Waals surface area (Å²) in [6.07, 6.45) is 1.67. The first kappa shape index (κ1) is 13.4. The van der Waals surface area contributed by atoms with Crippen molar-refractivity contribution in [1.82, 2.24) is 9.97 Å². The van der Waals surface area contributed by atoms with Crippen molar-refractivity contribution in [3.8, 4) is 5.88 Å². The lowest BCUT2D eigenvalue weighted by Gasteiger charge is -2.16. The van der Waals surface area contributed by atoms with Gasteiger partial charge in [-0.15, -0.1) is 0 Å². The molecule has 3 rings (SSSR count). The Morgan fingerprint density at radius 2 is 2.20 bits per heavy atom. The summed E-state index contributed by atoms with van der Waals surface area (Å²) in [6, 6.07) is 0. The van der Waals surface area contributed by atoms with Crippen LogP contribution < -0.4 is 10.3 Å². The fraction of sp³-hybridized carbons (Fsp3) is 0.500. The minimum Gasteiger partial charge on any atom is -0.477 e. The molecular formula is C14H17N3O2S. The third-order valence-electron chi connectivity index (χ3n) is 3.69. The summed E-state index contributed by atoms with van der Waals surface area (Å²) in [5, 5.41) is 0.620. The van der Waals surface area contributed by atoms with Crippen LogP contribution in [-0.4, -0.2) is 34.6 Å². The van der Waals surface area contributed by atoms with Crippen LogP contribution in [0.1, 0.15) is 25.8 Å². The van der Waals surface area contributed by atoms with Crippen LogP contribution in [0.2, 0.25) is 0 Å².